The Labute approximate surface area is 112 Å². The van der Waals surface area contributed by atoms with E-state index in [1.807, 2.05) is 0 Å². The maximum absolute atomic E-state index is 13.0. The summed E-state index contributed by atoms with van der Waals surface area (Å²) in [4.78, 5) is 22.4. The molecule has 4 nitrogen and oxygen atoms in total. The van der Waals surface area contributed by atoms with Crippen molar-refractivity contribution in [2.45, 2.75) is 24.8 Å². The monoisotopic (exact) mass is 292 g/mol. The molecule has 0 aromatic heterocycles. The van der Waals surface area contributed by atoms with Gasteiger partial charge in [0.15, 0.2) is 11.9 Å². The highest BCUT2D eigenvalue weighted by atomic mass is 35.5. The molecule has 2 atom stereocenters. The molecule has 0 heterocycles. The Morgan fingerprint density at radius 1 is 1.32 bits per heavy atom. The fraction of sp³-hybridized carbons (Fsp3) is 0.333. The Balaban J connectivity index is 3.46. The van der Waals surface area contributed by atoms with Gasteiger partial charge in [0.2, 0.25) is 0 Å². The van der Waals surface area contributed by atoms with Gasteiger partial charge in [-0.1, -0.05) is 18.2 Å². The Morgan fingerprint density at radius 2 is 1.89 bits per heavy atom. The molecule has 104 valence electrons. The molecule has 0 saturated heterocycles. The van der Waals surface area contributed by atoms with Crippen molar-refractivity contribution < 1.29 is 28.6 Å². The molecule has 2 N–H and O–H groups in total. The van der Waals surface area contributed by atoms with Gasteiger partial charge in [0.1, 0.15) is 0 Å². The van der Waals surface area contributed by atoms with Crippen LogP contribution in [0, 0.1) is 0 Å². The summed E-state index contributed by atoms with van der Waals surface area (Å²) in [5.74, 6) is -2.43. The van der Waals surface area contributed by atoms with Gasteiger partial charge < -0.3 is 10.2 Å². The number of aliphatic hydroxyl groups excluding tert-OH is 1. The van der Waals surface area contributed by atoms with Crippen LogP contribution in [0.4, 0.5) is 8.78 Å². The number of aliphatic carboxylic acids is 1. The highest BCUT2D eigenvalue weighted by Gasteiger charge is 2.29. The predicted molar refractivity (Wildman–Crippen MR) is 63.6 cm³/mol. The van der Waals surface area contributed by atoms with E-state index < -0.39 is 40.8 Å². The first-order chi connectivity index (χ1) is 8.77. The molecule has 0 aliphatic rings. The number of carboxylic acids is 1. The topological polar surface area (TPSA) is 74.6 Å². The van der Waals surface area contributed by atoms with Crippen LogP contribution in [0.1, 0.15) is 40.9 Å². The highest BCUT2D eigenvalue weighted by molar-refractivity contribution is 6.33. The van der Waals surface area contributed by atoms with Crippen LogP contribution in [0.5, 0.6) is 0 Å². The summed E-state index contributed by atoms with van der Waals surface area (Å²) < 4.78 is 26.1. The third-order valence-corrected chi connectivity index (χ3v) is 2.71. The smallest absolute Gasteiger partial charge is 0.337 e. The average Bonchev–Trinajstić information content (AvgIpc) is 2.35. The van der Waals surface area contributed by atoms with Crippen LogP contribution in [0.3, 0.4) is 0 Å². The number of carboxylic acid groups (broad SMARTS) is 1. The van der Waals surface area contributed by atoms with Crippen LogP contribution >= 0.6 is 11.6 Å². The molecule has 0 aliphatic heterocycles. The largest absolute Gasteiger partial charge is 0.479 e. The Kier molecular flexibility index (Phi) is 4.97. The molecule has 2 unspecified atom stereocenters. The van der Waals surface area contributed by atoms with Crippen molar-refractivity contribution in [2.75, 3.05) is 0 Å². The molecule has 1 rings (SSSR count). The van der Waals surface area contributed by atoms with Crippen molar-refractivity contribution in [1.82, 2.24) is 0 Å². The van der Waals surface area contributed by atoms with Crippen molar-refractivity contribution in [1.29, 1.82) is 0 Å². The minimum atomic E-state index is -3.10. The van der Waals surface area contributed by atoms with E-state index in [2.05, 4.69) is 0 Å². The number of ketones is 1. The van der Waals surface area contributed by atoms with Crippen molar-refractivity contribution in [3.63, 3.8) is 0 Å². The maximum Gasteiger partial charge on any atom is 0.337 e. The average molecular weight is 293 g/mol. The van der Waals surface area contributed by atoms with Crippen molar-refractivity contribution >= 4 is 23.4 Å². The number of hydrogen-bond acceptors (Lipinski definition) is 3. The minimum Gasteiger partial charge on any atom is -0.479 e. The second-order valence-corrected chi connectivity index (χ2v) is 4.48. The van der Waals surface area contributed by atoms with E-state index in [-0.39, 0.29) is 5.56 Å². The first kappa shape index (κ1) is 15.5. The zero-order valence-electron chi connectivity index (χ0n) is 9.81. The molecule has 1 aromatic carbocycles. The fourth-order valence-electron chi connectivity index (χ4n) is 1.63. The molecule has 0 bridgehead atoms. The van der Waals surface area contributed by atoms with Gasteiger partial charge in [0.25, 0.3) is 6.43 Å². The van der Waals surface area contributed by atoms with Gasteiger partial charge in [0.05, 0.1) is 5.38 Å². The summed E-state index contributed by atoms with van der Waals surface area (Å²) in [5, 5.41) is 17.0. The maximum atomic E-state index is 13.0. The fourth-order valence-corrected chi connectivity index (χ4v) is 1.74. The van der Waals surface area contributed by atoms with E-state index in [1.54, 1.807) is 0 Å². The van der Waals surface area contributed by atoms with Gasteiger partial charge in [-0.3, -0.25) is 4.79 Å². The molecule has 1 aromatic rings. The lowest BCUT2D eigenvalue weighted by molar-refractivity contribution is -0.147. The summed E-state index contributed by atoms with van der Waals surface area (Å²) in [5.41, 5.74) is -1.68. The van der Waals surface area contributed by atoms with E-state index in [9.17, 15) is 23.5 Å². The van der Waals surface area contributed by atoms with Crippen LogP contribution in [0.25, 0.3) is 0 Å². The van der Waals surface area contributed by atoms with E-state index in [4.69, 9.17) is 16.7 Å². The lowest BCUT2D eigenvalue weighted by Crippen LogP contribution is -2.18. The molecule has 0 fully saturated rings. The summed E-state index contributed by atoms with van der Waals surface area (Å²) in [6.07, 6.45) is -5.22. The van der Waals surface area contributed by atoms with Gasteiger partial charge in [-0.15, -0.1) is 11.6 Å². The van der Waals surface area contributed by atoms with Crippen LogP contribution in [0.2, 0.25) is 0 Å². The summed E-state index contributed by atoms with van der Waals surface area (Å²) in [6.45, 7) is 1.32. The van der Waals surface area contributed by atoms with Gasteiger partial charge >= 0.3 is 5.97 Å². The van der Waals surface area contributed by atoms with Crippen LogP contribution in [0.15, 0.2) is 18.2 Å². The number of alkyl halides is 3. The van der Waals surface area contributed by atoms with Crippen molar-refractivity contribution in [3.05, 3.63) is 34.9 Å². The first-order valence-corrected chi connectivity index (χ1v) is 5.71. The Hall–Kier alpha value is -1.53. The molecule has 7 heteroatoms. The normalized spacial score (nSPS) is 14.2. The molecule has 0 amide bonds. The summed E-state index contributed by atoms with van der Waals surface area (Å²) >= 11 is 5.56. The van der Waals surface area contributed by atoms with Gasteiger partial charge in [-0.25, -0.2) is 13.6 Å². The number of rotatable bonds is 5. The van der Waals surface area contributed by atoms with Crippen LogP contribution in [-0.4, -0.2) is 27.3 Å². The highest BCUT2D eigenvalue weighted by Crippen LogP contribution is 2.32. The second kappa shape index (κ2) is 6.08. The Morgan fingerprint density at radius 3 is 2.32 bits per heavy atom. The molecular formula is C12H11ClF2O4. The lowest BCUT2D eigenvalue weighted by Gasteiger charge is -2.16. The predicted octanol–water partition coefficient (Wildman–Crippen LogP) is 2.55. The quantitative estimate of drug-likeness (QED) is 0.646. The number of benzene rings is 1. The lowest BCUT2D eigenvalue weighted by atomic mass is 9.94. The first-order valence-electron chi connectivity index (χ1n) is 5.27. The molecule has 19 heavy (non-hydrogen) atoms. The van der Waals surface area contributed by atoms with Crippen molar-refractivity contribution in [2.24, 2.45) is 0 Å². The number of carbonyl (C=O) groups excluding carboxylic acids is 1. The molecule has 0 spiro atoms. The zero-order chi connectivity index (χ0) is 14.7. The number of aliphatic hydroxyl groups is 1. The third-order valence-electron chi connectivity index (χ3n) is 2.51. The number of halogens is 3. The Bertz CT molecular complexity index is 503. The van der Waals surface area contributed by atoms with Gasteiger partial charge in [0, 0.05) is 16.7 Å². The van der Waals surface area contributed by atoms with Gasteiger partial charge in [-0.05, 0) is 6.92 Å². The number of carbonyl (C=O) groups is 2. The summed E-state index contributed by atoms with van der Waals surface area (Å²) in [7, 11) is 0. The zero-order valence-corrected chi connectivity index (χ0v) is 10.6. The number of hydrogen-bond donors (Lipinski definition) is 2. The number of Topliss-reactive ketones (excluding diaryl/α,β-unsaturated/α-hetero) is 1. The van der Waals surface area contributed by atoms with Crippen molar-refractivity contribution in [3.8, 4) is 0 Å². The van der Waals surface area contributed by atoms with Crippen LogP contribution < -0.4 is 0 Å². The SMILES string of the molecule is CC(Cl)C(=O)c1cccc(C(O)C(=O)O)c1C(F)F. The van der Waals surface area contributed by atoms with E-state index >= 15 is 0 Å². The minimum absolute atomic E-state index is 0.379. The second-order valence-electron chi connectivity index (χ2n) is 3.83. The molecule has 0 saturated carbocycles. The van der Waals surface area contributed by atoms with E-state index in [0.717, 1.165) is 12.1 Å². The molecular weight excluding hydrogens is 282 g/mol. The third kappa shape index (κ3) is 3.27. The van der Waals surface area contributed by atoms with E-state index in [0.29, 0.717) is 0 Å². The summed E-state index contributed by atoms with van der Waals surface area (Å²) in [6, 6.07) is 3.39. The van der Waals surface area contributed by atoms with E-state index in [1.165, 1.54) is 13.0 Å². The standard InChI is InChI=1S/C12H11ClF2O4/c1-5(13)9(16)6-3-2-4-7(8(6)11(14)15)10(17)12(18)19/h2-5,10-11,17H,1H3,(H,18,19). The van der Waals surface area contributed by atoms with Gasteiger partial charge in [-0.2, -0.15) is 0 Å². The molecule has 0 radical (unpaired) electrons. The molecule has 0 aliphatic carbocycles. The van der Waals surface area contributed by atoms with Crippen LogP contribution in [-0.2, 0) is 4.79 Å².